The van der Waals surface area contributed by atoms with Crippen LogP contribution >= 0.6 is 0 Å². The predicted octanol–water partition coefficient (Wildman–Crippen LogP) is 7.65. The van der Waals surface area contributed by atoms with Crippen molar-refractivity contribution in [1.82, 2.24) is 9.55 Å². The Balaban J connectivity index is 0.000000469. The van der Waals surface area contributed by atoms with Crippen LogP contribution in [0.3, 0.4) is 0 Å². The van der Waals surface area contributed by atoms with Gasteiger partial charge in [0.2, 0.25) is 0 Å². The molecule has 3 rings (SSSR count). The molecular formula is C26H45N3O. The van der Waals surface area contributed by atoms with Crippen molar-refractivity contribution in [3.8, 4) is 0 Å². The van der Waals surface area contributed by atoms with Crippen LogP contribution in [0, 0.1) is 6.92 Å². The highest BCUT2D eigenvalue weighted by molar-refractivity contribution is 5.97. The number of para-hydroxylation sites is 1. The molecule has 2 unspecified atom stereocenters. The van der Waals surface area contributed by atoms with Gasteiger partial charge in [0.25, 0.3) is 0 Å². The Labute approximate surface area is 185 Å². The van der Waals surface area contributed by atoms with Gasteiger partial charge in [-0.15, -0.1) is 0 Å². The maximum Gasteiger partial charge on any atom is 0.136 e. The molecule has 0 aliphatic carbocycles. The first-order chi connectivity index (χ1) is 14.3. The standard InChI is InChI=1S/C12H21NO.C9H10N2.C3H8.C2H6/c1-5-6-10(3)14-12-8-7-9(2)13-11(12)4;1-7-4-3-5-8-9(7)10-6-11(8)2;1-3-2;1-2/h8-10H,5-7H2,1-4H3;3-6H,1-2H3;3H2,1-2H3;1-2H3. The first-order valence-electron chi connectivity index (χ1n) is 11.6. The van der Waals surface area contributed by atoms with E-state index in [-0.39, 0.29) is 0 Å². The number of fused-ring (bicyclic) bond motifs is 1. The van der Waals surface area contributed by atoms with Crippen molar-refractivity contribution in [3.05, 3.63) is 41.9 Å². The lowest BCUT2D eigenvalue weighted by Gasteiger charge is -2.20. The van der Waals surface area contributed by atoms with Gasteiger partial charge in [-0.3, -0.25) is 4.99 Å². The largest absolute Gasteiger partial charge is 0.489 e. The average molecular weight is 416 g/mol. The van der Waals surface area contributed by atoms with Gasteiger partial charge < -0.3 is 9.30 Å². The highest BCUT2D eigenvalue weighted by Gasteiger charge is 2.13. The number of aromatic nitrogens is 2. The molecule has 0 N–H and O–H groups in total. The Morgan fingerprint density at radius 1 is 1.17 bits per heavy atom. The van der Waals surface area contributed by atoms with Crippen LogP contribution in [0.1, 0.15) is 86.6 Å². The van der Waals surface area contributed by atoms with Crippen LogP contribution in [0.25, 0.3) is 11.0 Å². The smallest absolute Gasteiger partial charge is 0.136 e. The number of benzene rings is 1. The number of rotatable bonds is 4. The van der Waals surface area contributed by atoms with Gasteiger partial charge in [0.1, 0.15) is 5.76 Å². The van der Waals surface area contributed by atoms with Crippen molar-refractivity contribution in [2.45, 2.75) is 100 Å². The van der Waals surface area contributed by atoms with Crippen LogP contribution < -0.4 is 0 Å². The third-order valence-electron chi connectivity index (χ3n) is 4.39. The van der Waals surface area contributed by atoms with Crippen molar-refractivity contribution in [3.63, 3.8) is 0 Å². The molecule has 4 heteroatoms. The SMILES string of the molecule is CC.CCC.CCCC(C)OC1=CCC(C)N=C1C.Cc1cccc2c1ncn2C. The van der Waals surface area contributed by atoms with Crippen LogP contribution in [0.4, 0.5) is 0 Å². The summed E-state index contributed by atoms with van der Waals surface area (Å²) in [7, 11) is 2.01. The molecule has 2 heterocycles. The summed E-state index contributed by atoms with van der Waals surface area (Å²) in [6.07, 6.45) is 8.86. The molecule has 1 aliphatic rings. The average Bonchev–Trinajstić information content (AvgIpc) is 3.10. The zero-order valence-corrected chi connectivity index (χ0v) is 21.1. The molecule has 0 bridgehead atoms. The number of ether oxygens (including phenoxy) is 1. The van der Waals surface area contributed by atoms with Gasteiger partial charge in [-0.25, -0.2) is 4.98 Å². The number of nitrogens with zero attached hydrogens (tertiary/aromatic N) is 3. The second-order valence-corrected chi connectivity index (χ2v) is 7.59. The molecule has 1 aromatic heterocycles. The van der Waals surface area contributed by atoms with E-state index in [1.807, 2.05) is 38.7 Å². The highest BCUT2D eigenvalue weighted by Crippen LogP contribution is 2.17. The minimum atomic E-state index is 0.310. The van der Waals surface area contributed by atoms with Crippen molar-refractivity contribution < 1.29 is 4.74 Å². The Kier molecular flexibility index (Phi) is 14.6. The first kappa shape index (κ1) is 27.9. The van der Waals surface area contributed by atoms with Crippen molar-refractivity contribution in [2.24, 2.45) is 12.0 Å². The van der Waals surface area contributed by atoms with Gasteiger partial charge in [0.05, 0.1) is 35.2 Å². The number of aliphatic imine (C=N–C) groups is 1. The fourth-order valence-electron chi connectivity index (χ4n) is 2.99. The van der Waals surface area contributed by atoms with Crippen LogP contribution in [0.2, 0.25) is 0 Å². The monoisotopic (exact) mass is 415 g/mol. The van der Waals surface area contributed by atoms with Crippen LogP contribution in [0.5, 0.6) is 0 Å². The molecule has 0 fully saturated rings. The second-order valence-electron chi connectivity index (χ2n) is 7.59. The molecule has 0 radical (unpaired) electrons. The zero-order chi connectivity index (χ0) is 23.1. The molecule has 1 aromatic carbocycles. The summed E-state index contributed by atoms with van der Waals surface area (Å²) >= 11 is 0. The predicted molar refractivity (Wildman–Crippen MR) is 133 cm³/mol. The Morgan fingerprint density at radius 2 is 1.80 bits per heavy atom. The Bertz CT molecular complexity index is 774. The van der Waals surface area contributed by atoms with Gasteiger partial charge in [-0.1, -0.05) is 59.6 Å². The maximum absolute atomic E-state index is 5.82. The van der Waals surface area contributed by atoms with E-state index in [0.717, 1.165) is 29.8 Å². The fourth-order valence-corrected chi connectivity index (χ4v) is 2.99. The van der Waals surface area contributed by atoms with Gasteiger partial charge in [-0.2, -0.15) is 0 Å². The number of hydrogen-bond donors (Lipinski definition) is 0. The number of dihydropyridines is 1. The lowest BCUT2D eigenvalue weighted by molar-refractivity contribution is 0.135. The third-order valence-corrected chi connectivity index (χ3v) is 4.39. The van der Waals surface area contributed by atoms with E-state index in [0.29, 0.717) is 12.1 Å². The second kappa shape index (κ2) is 15.7. The highest BCUT2D eigenvalue weighted by atomic mass is 16.5. The summed E-state index contributed by atoms with van der Waals surface area (Å²) in [4.78, 5) is 8.78. The Morgan fingerprint density at radius 3 is 2.33 bits per heavy atom. The minimum Gasteiger partial charge on any atom is -0.489 e. The molecule has 4 nitrogen and oxygen atoms in total. The van der Waals surface area contributed by atoms with E-state index in [1.165, 1.54) is 23.9 Å². The summed E-state index contributed by atoms with van der Waals surface area (Å²) in [6, 6.07) is 6.63. The van der Waals surface area contributed by atoms with Gasteiger partial charge in [0.15, 0.2) is 0 Å². The summed E-state index contributed by atoms with van der Waals surface area (Å²) in [6.45, 7) is 18.8. The molecule has 2 aromatic rings. The number of hydrogen-bond acceptors (Lipinski definition) is 3. The Hall–Kier alpha value is -2.10. The molecular weight excluding hydrogens is 370 g/mol. The summed E-state index contributed by atoms with van der Waals surface area (Å²) in [5, 5.41) is 0. The van der Waals surface area contributed by atoms with E-state index < -0.39 is 0 Å². The first-order valence-corrected chi connectivity index (χ1v) is 11.6. The molecule has 2 atom stereocenters. The van der Waals surface area contributed by atoms with Crippen molar-refractivity contribution >= 4 is 16.7 Å². The molecule has 170 valence electrons. The maximum atomic E-state index is 5.82. The van der Waals surface area contributed by atoms with Crippen LogP contribution in [-0.4, -0.2) is 27.4 Å². The molecule has 0 saturated carbocycles. The van der Waals surface area contributed by atoms with E-state index in [1.54, 1.807) is 0 Å². The zero-order valence-electron chi connectivity index (χ0n) is 21.1. The fraction of sp³-hybridized carbons (Fsp3) is 0.615. The van der Waals surface area contributed by atoms with E-state index in [9.17, 15) is 0 Å². The van der Waals surface area contributed by atoms with E-state index in [2.05, 4.69) is 75.8 Å². The lowest BCUT2D eigenvalue weighted by Crippen LogP contribution is -2.17. The van der Waals surface area contributed by atoms with Crippen molar-refractivity contribution in [2.75, 3.05) is 0 Å². The normalized spacial score (nSPS) is 15.9. The molecule has 0 saturated heterocycles. The number of imidazole rings is 1. The summed E-state index contributed by atoms with van der Waals surface area (Å²) < 4.78 is 7.85. The van der Waals surface area contributed by atoms with E-state index >= 15 is 0 Å². The summed E-state index contributed by atoms with van der Waals surface area (Å²) in [5.74, 6) is 0.990. The summed E-state index contributed by atoms with van der Waals surface area (Å²) in [5.41, 5.74) is 4.59. The quantitative estimate of drug-likeness (QED) is 0.514. The third kappa shape index (κ3) is 9.60. The minimum absolute atomic E-state index is 0.310. The molecule has 0 spiro atoms. The topological polar surface area (TPSA) is 39.4 Å². The lowest BCUT2D eigenvalue weighted by atomic mass is 10.1. The van der Waals surface area contributed by atoms with Gasteiger partial charge in [0, 0.05) is 7.05 Å². The molecule has 1 aliphatic heterocycles. The molecule has 30 heavy (non-hydrogen) atoms. The van der Waals surface area contributed by atoms with Crippen LogP contribution in [-0.2, 0) is 11.8 Å². The van der Waals surface area contributed by atoms with Crippen molar-refractivity contribution in [1.29, 1.82) is 0 Å². The number of aryl methyl sites for hydroxylation is 2. The van der Waals surface area contributed by atoms with E-state index in [4.69, 9.17) is 4.74 Å². The number of allylic oxidation sites excluding steroid dienone is 1. The van der Waals surface area contributed by atoms with Gasteiger partial charge in [-0.05, 0) is 58.2 Å². The van der Waals surface area contributed by atoms with Gasteiger partial charge >= 0.3 is 0 Å². The van der Waals surface area contributed by atoms with Crippen LogP contribution in [0.15, 0.2) is 41.4 Å². The molecule has 0 amide bonds.